The van der Waals surface area contributed by atoms with Crippen molar-refractivity contribution in [2.45, 2.75) is 32.2 Å². The molecule has 0 radical (unpaired) electrons. The van der Waals surface area contributed by atoms with Crippen molar-refractivity contribution < 1.29 is 9.59 Å². The summed E-state index contributed by atoms with van der Waals surface area (Å²) in [4.78, 5) is 26.4. The van der Waals surface area contributed by atoms with E-state index in [2.05, 4.69) is 12.2 Å². The van der Waals surface area contributed by atoms with E-state index in [1.807, 2.05) is 30.3 Å². The van der Waals surface area contributed by atoms with E-state index in [-0.39, 0.29) is 18.4 Å². The first-order valence-corrected chi connectivity index (χ1v) is 7.77. The molecule has 0 aromatic heterocycles. The standard InChI is InChI=1S/C17H22N2O2/c1-12-7-8-13(9-12)11-19-15(20)10-18-17(21)16(19)14-5-3-2-4-6-14/h2-6,12-13,16H,7-11H2,1H3,(H,18,21). The van der Waals surface area contributed by atoms with Gasteiger partial charge in [-0.15, -0.1) is 0 Å². The molecule has 0 bridgehead atoms. The van der Waals surface area contributed by atoms with Gasteiger partial charge in [-0.05, 0) is 30.2 Å². The first-order chi connectivity index (χ1) is 10.1. The highest BCUT2D eigenvalue weighted by Crippen LogP contribution is 2.33. The molecule has 0 spiro atoms. The Morgan fingerprint density at radius 1 is 1.19 bits per heavy atom. The van der Waals surface area contributed by atoms with Gasteiger partial charge >= 0.3 is 0 Å². The van der Waals surface area contributed by atoms with E-state index in [1.165, 1.54) is 6.42 Å². The Morgan fingerprint density at radius 2 is 1.95 bits per heavy atom. The highest BCUT2D eigenvalue weighted by Gasteiger charge is 2.37. The molecule has 21 heavy (non-hydrogen) atoms. The van der Waals surface area contributed by atoms with Gasteiger partial charge < -0.3 is 10.2 Å². The van der Waals surface area contributed by atoms with Crippen LogP contribution in [0.5, 0.6) is 0 Å². The van der Waals surface area contributed by atoms with E-state index in [4.69, 9.17) is 0 Å². The third-order valence-corrected chi connectivity index (χ3v) is 4.67. The number of nitrogens with zero attached hydrogens (tertiary/aromatic N) is 1. The van der Waals surface area contributed by atoms with Gasteiger partial charge in [-0.1, -0.05) is 43.7 Å². The van der Waals surface area contributed by atoms with E-state index in [1.54, 1.807) is 4.90 Å². The smallest absolute Gasteiger partial charge is 0.247 e. The zero-order valence-corrected chi connectivity index (χ0v) is 12.4. The van der Waals surface area contributed by atoms with Crippen molar-refractivity contribution >= 4 is 11.8 Å². The second-order valence-electron chi connectivity index (χ2n) is 6.36. The second kappa shape index (κ2) is 5.88. The fraction of sp³-hybridized carbons (Fsp3) is 0.529. The normalized spacial score (nSPS) is 29.6. The molecular weight excluding hydrogens is 264 g/mol. The molecule has 1 saturated carbocycles. The minimum Gasteiger partial charge on any atom is -0.345 e. The molecule has 1 saturated heterocycles. The molecular formula is C17H22N2O2. The summed E-state index contributed by atoms with van der Waals surface area (Å²) >= 11 is 0. The SMILES string of the molecule is CC1CCC(CN2C(=O)CNC(=O)C2c2ccccc2)C1. The summed E-state index contributed by atoms with van der Waals surface area (Å²) in [5.74, 6) is 1.23. The number of piperazine rings is 1. The molecule has 4 heteroatoms. The van der Waals surface area contributed by atoms with Crippen LogP contribution in [0.1, 0.15) is 37.8 Å². The van der Waals surface area contributed by atoms with Crippen molar-refractivity contribution in [2.75, 3.05) is 13.1 Å². The van der Waals surface area contributed by atoms with Gasteiger partial charge in [0.05, 0.1) is 6.54 Å². The Balaban J connectivity index is 1.82. The lowest BCUT2D eigenvalue weighted by atomic mass is 9.99. The van der Waals surface area contributed by atoms with Crippen LogP contribution >= 0.6 is 0 Å². The van der Waals surface area contributed by atoms with Gasteiger partial charge in [0, 0.05) is 6.54 Å². The van der Waals surface area contributed by atoms with Crippen LogP contribution in [0.15, 0.2) is 30.3 Å². The fourth-order valence-corrected chi connectivity index (χ4v) is 3.59. The van der Waals surface area contributed by atoms with Crippen LogP contribution in [-0.2, 0) is 9.59 Å². The summed E-state index contributed by atoms with van der Waals surface area (Å²) in [6.07, 6.45) is 3.55. The van der Waals surface area contributed by atoms with E-state index in [9.17, 15) is 9.59 Å². The summed E-state index contributed by atoms with van der Waals surface area (Å²) in [6.45, 7) is 3.10. The molecule has 1 N–H and O–H groups in total. The van der Waals surface area contributed by atoms with Crippen molar-refractivity contribution in [3.8, 4) is 0 Å². The van der Waals surface area contributed by atoms with Gasteiger partial charge in [-0.2, -0.15) is 0 Å². The van der Waals surface area contributed by atoms with E-state index < -0.39 is 6.04 Å². The number of amides is 2. The third kappa shape index (κ3) is 2.94. The minimum atomic E-state index is -0.469. The first-order valence-electron chi connectivity index (χ1n) is 7.77. The van der Waals surface area contributed by atoms with Crippen LogP contribution in [0.25, 0.3) is 0 Å². The molecule has 1 aliphatic carbocycles. The molecule has 1 aromatic rings. The largest absolute Gasteiger partial charge is 0.345 e. The lowest BCUT2D eigenvalue weighted by molar-refractivity contribution is -0.146. The van der Waals surface area contributed by atoms with E-state index in [0.29, 0.717) is 12.5 Å². The molecule has 2 fully saturated rings. The highest BCUT2D eigenvalue weighted by molar-refractivity contribution is 5.95. The maximum Gasteiger partial charge on any atom is 0.247 e. The van der Waals surface area contributed by atoms with E-state index >= 15 is 0 Å². The Labute approximate surface area is 125 Å². The van der Waals surface area contributed by atoms with Crippen molar-refractivity contribution in [1.29, 1.82) is 0 Å². The average Bonchev–Trinajstić information content (AvgIpc) is 2.89. The predicted molar refractivity (Wildman–Crippen MR) is 80.4 cm³/mol. The summed E-state index contributed by atoms with van der Waals surface area (Å²) < 4.78 is 0. The number of carbonyl (C=O) groups excluding carboxylic acids is 2. The van der Waals surface area contributed by atoms with Gasteiger partial charge in [0.2, 0.25) is 11.8 Å². The van der Waals surface area contributed by atoms with Crippen LogP contribution in [0.3, 0.4) is 0 Å². The Bertz CT molecular complexity index is 529. The number of rotatable bonds is 3. The lowest BCUT2D eigenvalue weighted by Gasteiger charge is -2.36. The highest BCUT2D eigenvalue weighted by atomic mass is 16.2. The summed E-state index contributed by atoms with van der Waals surface area (Å²) in [6, 6.07) is 9.13. The fourth-order valence-electron chi connectivity index (χ4n) is 3.59. The zero-order chi connectivity index (χ0) is 14.8. The van der Waals surface area contributed by atoms with E-state index in [0.717, 1.165) is 24.3 Å². The molecule has 3 unspecified atom stereocenters. The topological polar surface area (TPSA) is 49.4 Å². The quantitative estimate of drug-likeness (QED) is 0.925. The molecule has 2 amide bonds. The Morgan fingerprint density at radius 3 is 2.62 bits per heavy atom. The number of benzene rings is 1. The number of nitrogens with one attached hydrogen (secondary N) is 1. The molecule has 1 aliphatic heterocycles. The van der Waals surface area contributed by atoms with Gasteiger partial charge in [0.15, 0.2) is 0 Å². The molecule has 3 atom stereocenters. The van der Waals surface area contributed by atoms with Gasteiger partial charge in [0.1, 0.15) is 6.04 Å². The van der Waals surface area contributed by atoms with Crippen LogP contribution in [0.2, 0.25) is 0 Å². The maximum absolute atomic E-state index is 12.3. The molecule has 4 nitrogen and oxygen atoms in total. The predicted octanol–water partition coefficient (Wildman–Crippen LogP) is 2.12. The van der Waals surface area contributed by atoms with Crippen molar-refractivity contribution in [1.82, 2.24) is 10.2 Å². The van der Waals surface area contributed by atoms with Crippen LogP contribution in [-0.4, -0.2) is 29.8 Å². The summed E-state index contributed by atoms with van der Waals surface area (Å²) in [7, 11) is 0. The van der Waals surface area contributed by atoms with Crippen molar-refractivity contribution in [2.24, 2.45) is 11.8 Å². The average molecular weight is 286 g/mol. The van der Waals surface area contributed by atoms with Crippen LogP contribution in [0, 0.1) is 11.8 Å². The van der Waals surface area contributed by atoms with Crippen LogP contribution in [0.4, 0.5) is 0 Å². The molecule has 1 heterocycles. The van der Waals surface area contributed by atoms with Gasteiger partial charge in [-0.25, -0.2) is 0 Å². The number of carbonyl (C=O) groups is 2. The molecule has 3 rings (SSSR count). The molecule has 112 valence electrons. The Hall–Kier alpha value is -1.84. The summed E-state index contributed by atoms with van der Waals surface area (Å²) in [5, 5.41) is 2.71. The Kier molecular flexibility index (Phi) is 3.95. The first kappa shape index (κ1) is 14.1. The molecule has 2 aliphatic rings. The van der Waals surface area contributed by atoms with Gasteiger partial charge in [-0.3, -0.25) is 9.59 Å². The van der Waals surface area contributed by atoms with Gasteiger partial charge in [0.25, 0.3) is 0 Å². The number of hydrogen-bond acceptors (Lipinski definition) is 2. The third-order valence-electron chi connectivity index (χ3n) is 4.67. The van der Waals surface area contributed by atoms with Crippen LogP contribution < -0.4 is 5.32 Å². The minimum absolute atomic E-state index is 0.0306. The number of hydrogen-bond donors (Lipinski definition) is 1. The maximum atomic E-state index is 12.3. The van der Waals surface area contributed by atoms with Crippen molar-refractivity contribution in [3.63, 3.8) is 0 Å². The monoisotopic (exact) mass is 286 g/mol. The summed E-state index contributed by atoms with van der Waals surface area (Å²) in [5.41, 5.74) is 0.897. The second-order valence-corrected chi connectivity index (χ2v) is 6.36. The molecule has 1 aromatic carbocycles. The lowest BCUT2D eigenvalue weighted by Crippen LogP contribution is -2.54. The zero-order valence-electron chi connectivity index (χ0n) is 12.4. The van der Waals surface area contributed by atoms with Crippen molar-refractivity contribution in [3.05, 3.63) is 35.9 Å².